The van der Waals surface area contributed by atoms with Gasteiger partial charge in [-0.1, -0.05) is 6.07 Å². The maximum atomic E-state index is 12.3. The van der Waals surface area contributed by atoms with E-state index in [1.165, 1.54) is 14.2 Å². The quantitative estimate of drug-likeness (QED) is 0.360. The van der Waals surface area contributed by atoms with Crippen molar-refractivity contribution in [3.63, 3.8) is 0 Å². The number of nitro benzene ring substituents is 1. The molecule has 8 heteroatoms. The number of ketones is 1. The lowest BCUT2D eigenvalue weighted by Crippen LogP contribution is -2.05. The number of hydrogen-bond donors (Lipinski definition) is 2. The first kappa shape index (κ1) is 17.1. The Morgan fingerprint density at radius 2 is 1.79 bits per heavy atom. The molecule has 0 spiro atoms. The summed E-state index contributed by atoms with van der Waals surface area (Å²) in [7, 11) is 2.95. The number of hydrogen-bond acceptors (Lipinski definition) is 7. The molecule has 0 aliphatic heterocycles. The number of rotatable bonds is 6. The number of Topliss-reactive ketones (excluding diaryl/α,β-unsaturated/α-hetero) is 1. The van der Waals surface area contributed by atoms with Crippen LogP contribution in [0.4, 0.5) is 5.69 Å². The van der Waals surface area contributed by atoms with Gasteiger partial charge in [0.15, 0.2) is 23.0 Å². The van der Waals surface area contributed by atoms with E-state index in [0.717, 1.165) is 12.1 Å². The first-order chi connectivity index (χ1) is 11.4. The van der Waals surface area contributed by atoms with E-state index in [0.29, 0.717) is 17.1 Å². The van der Waals surface area contributed by atoms with Gasteiger partial charge in [-0.3, -0.25) is 14.9 Å². The van der Waals surface area contributed by atoms with Gasteiger partial charge in [0.25, 0.3) is 0 Å². The van der Waals surface area contributed by atoms with E-state index in [1.807, 2.05) is 0 Å². The standard InChI is InChI=1S/C16H15NO7/c1-23-14-4-3-9(6-15(14)24-2)5-12(18)10-7-11(17(21)22)16(20)13(19)8-10/h3-4,6-8,19-20H,5H2,1-2H3. The Morgan fingerprint density at radius 1 is 1.12 bits per heavy atom. The third-order valence-electron chi connectivity index (χ3n) is 3.40. The van der Waals surface area contributed by atoms with E-state index >= 15 is 0 Å². The third-order valence-corrected chi connectivity index (χ3v) is 3.40. The lowest BCUT2D eigenvalue weighted by Gasteiger charge is -2.09. The van der Waals surface area contributed by atoms with Crippen LogP contribution in [-0.2, 0) is 6.42 Å². The summed E-state index contributed by atoms with van der Waals surface area (Å²) in [5.41, 5.74) is -0.203. The van der Waals surface area contributed by atoms with Gasteiger partial charge in [0.1, 0.15) is 0 Å². The average molecular weight is 333 g/mol. The van der Waals surface area contributed by atoms with Crippen molar-refractivity contribution in [3.8, 4) is 23.0 Å². The molecule has 0 amide bonds. The molecular formula is C16H15NO7. The zero-order chi connectivity index (χ0) is 17.9. The highest BCUT2D eigenvalue weighted by atomic mass is 16.6. The third kappa shape index (κ3) is 3.37. The number of methoxy groups -OCH3 is 2. The summed E-state index contributed by atoms with van der Waals surface area (Å²) in [6, 6.07) is 6.83. The lowest BCUT2D eigenvalue weighted by atomic mass is 10.0. The Labute approximate surface area is 137 Å². The fourth-order valence-corrected chi connectivity index (χ4v) is 2.18. The summed E-state index contributed by atoms with van der Waals surface area (Å²) >= 11 is 0. The Bertz CT molecular complexity index is 801. The van der Waals surface area contributed by atoms with Gasteiger partial charge in [0, 0.05) is 18.1 Å². The van der Waals surface area contributed by atoms with Gasteiger partial charge in [0.05, 0.1) is 19.1 Å². The summed E-state index contributed by atoms with van der Waals surface area (Å²) in [6.07, 6.45) is -0.0677. The molecule has 0 radical (unpaired) electrons. The van der Waals surface area contributed by atoms with Crippen LogP contribution in [0.15, 0.2) is 30.3 Å². The molecule has 2 N–H and O–H groups in total. The fraction of sp³-hybridized carbons (Fsp3) is 0.188. The summed E-state index contributed by atoms with van der Waals surface area (Å²) in [4.78, 5) is 22.3. The normalized spacial score (nSPS) is 10.2. The molecule has 0 aliphatic rings. The Balaban J connectivity index is 2.32. The molecule has 0 heterocycles. The molecule has 0 unspecified atom stereocenters. The topological polar surface area (TPSA) is 119 Å². The van der Waals surface area contributed by atoms with Gasteiger partial charge in [-0.25, -0.2) is 0 Å². The highest BCUT2D eigenvalue weighted by Gasteiger charge is 2.21. The number of ether oxygens (including phenoxy) is 2. The molecule has 2 aromatic rings. The van der Waals surface area contributed by atoms with Gasteiger partial charge in [-0.05, 0) is 23.8 Å². The molecule has 2 aromatic carbocycles. The Hall–Kier alpha value is -3.29. The number of nitrogens with zero attached hydrogens (tertiary/aromatic N) is 1. The van der Waals surface area contributed by atoms with Crippen molar-refractivity contribution in [2.75, 3.05) is 14.2 Å². The average Bonchev–Trinajstić information content (AvgIpc) is 2.56. The highest BCUT2D eigenvalue weighted by molar-refractivity contribution is 5.99. The van der Waals surface area contributed by atoms with Gasteiger partial charge in [-0.15, -0.1) is 0 Å². The summed E-state index contributed by atoms with van der Waals surface area (Å²) in [6.45, 7) is 0. The molecule has 0 aromatic heterocycles. The number of aromatic hydroxyl groups is 2. The second-order valence-electron chi connectivity index (χ2n) is 4.91. The van der Waals surface area contributed by atoms with Crippen LogP contribution >= 0.6 is 0 Å². The van der Waals surface area contributed by atoms with E-state index in [4.69, 9.17) is 9.47 Å². The minimum atomic E-state index is -0.873. The van der Waals surface area contributed by atoms with Gasteiger partial charge >= 0.3 is 5.69 Å². The molecule has 8 nitrogen and oxygen atoms in total. The SMILES string of the molecule is COc1ccc(CC(=O)c2cc(O)c(O)c([N+](=O)[O-])c2)cc1OC. The summed E-state index contributed by atoms with van der Waals surface area (Å²) in [5, 5.41) is 29.9. The molecule has 0 aliphatic carbocycles. The maximum Gasteiger partial charge on any atom is 0.315 e. The van der Waals surface area contributed by atoms with Crippen molar-refractivity contribution in [3.05, 3.63) is 51.6 Å². The number of carbonyl (C=O) groups is 1. The van der Waals surface area contributed by atoms with Crippen LogP contribution < -0.4 is 9.47 Å². The zero-order valence-corrected chi connectivity index (χ0v) is 13.0. The van der Waals surface area contributed by atoms with Crippen LogP contribution in [-0.4, -0.2) is 35.1 Å². The van der Waals surface area contributed by atoms with E-state index in [-0.39, 0.29) is 12.0 Å². The number of phenolic OH excluding ortho intramolecular Hbond substituents is 2. The molecule has 0 atom stereocenters. The molecule has 0 fully saturated rings. The van der Waals surface area contributed by atoms with Gasteiger partial charge in [-0.2, -0.15) is 0 Å². The molecular weight excluding hydrogens is 318 g/mol. The van der Waals surface area contributed by atoms with Crippen LogP contribution in [0.25, 0.3) is 0 Å². The van der Waals surface area contributed by atoms with E-state index in [9.17, 15) is 25.1 Å². The molecule has 0 saturated carbocycles. The molecule has 0 saturated heterocycles. The van der Waals surface area contributed by atoms with Crippen LogP contribution in [0.5, 0.6) is 23.0 Å². The van der Waals surface area contributed by atoms with Crippen LogP contribution in [0.2, 0.25) is 0 Å². The van der Waals surface area contributed by atoms with Crippen molar-refractivity contribution in [1.29, 1.82) is 0 Å². The molecule has 2 rings (SSSR count). The second-order valence-corrected chi connectivity index (χ2v) is 4.91. The first-order valence-electron chi connectivity index (χ1n) is 6.81. The van der Waals surface area contributed by atoms with Crippen molar-refractivity contribution >= 4 is 11.5 Å². The largest absolute Gasteiger partial charge is 0.504 e. The van der Waals surface area contributed by atoms with Crippen LogP contribution in [0, 0.1) is 10.1 Å². The first-order valence-corrected chi connectivity index (χ1v) is 6.81. The maximum absolute atomic E-state index is 12.3. The van der Waals surface area contributed by atoms with Crippen molar-refractivity contribution in [2.24, 2.45) is 0 Å². The second kappa shape index (κ2) is 6.86. The van der Waals surface area contributed by atoms with E-state index in [1.54, 1.807) is 18.2 Å². The van der Waals surface area contributed by atoms with Gasteiger partial charge in [0.2, 0.25) is 5.75 Å². The molecule has 24 heavy (non-hydrogen) atoms. The van der Waals surface area contributed by atoms with Gasteiger partial charge < -0.3 is 19.7 Å². The van der Waals surface area contributed by atoms with Crippen molar-refractivity contribution in [1.82, 2.24) is 0 Å². The number of benzene rings is 2. The predicted molar refractivity (Wildman–Crippen MR) is 84.0 cm³/mol. The monoisotopic (exact) mass is 333 g/mol. The number of phenols is 2. The Morgan fingerprint density at radius 3 is 2.38 bits per heavy atom. The zero-order valence-electron chi connectivity index (χ0n) is 13.0. The predicted octanol–water partition coefficient (Wildman–Crippen LogP) is 2.45. The van der Waals surface area contributed by atoms with Crippen molar-refractivity contribution in [2.45, 2.75) is 6.42 Å². The van der Waals surface area contributed by atoms with E-state index < -0.39 is 27.9 Å². The molecule has 126 valence electrons. The summed E-state index contributed by atoms with van der Waals surface area (Å²) in [5.74, 6) is -1.10. The fourth-order valence-electron chi connectivity index (χ4n) is 2.18. The smallest absolute Gasteiger partial charge is 0.315 e. The Kier molecular flexibility index (Phi) is 4.88. The minimum Gasteiger partial charge on any atom is -0.504 e. The lowest BCUT2D eigenvalue weighted by molar-refractivity contribution is -0.386. The minimum absolute atomic E-state index is 0.0677. The van der Waals surface area contributed by atoms with Crippen LogP contribution in [0.1, 0.15) is 15.9 Å². The number of carbonyl (C=O) groups excluding carboxylic acids is 1. The van der Waals surface area contributed by atoms with E-state index in [2.05, 4.69) is 0 Å². The summed E-state index contributed by atoms with van der Waals surface area (Å²) < 4.78 is 10.3. The van der Waals surface area contributed by atoms with Crippen molar-refractivity contribution < 1.29 is 29.4 Å². The van der Waals surface area contributed by atoms with Crippen LogP contribution in [0.3, 0.4) is 0 Å². The highest BCUT2D eigenvalue weighted by Crippen LogP contribution is 2.36. The molecule has 0 bridgehead atoms. The number of nitro groups is 1.